The first-order chi connectivity index (χ1) is 7.61. The van der Waals surface area contributed by atoms with E-state index in [0.717, 1.165) is 25.7 Å². The standard InChI is InChI=1S/C11H15BrN2O2/c1-7-9(12)10(15)14(11(16)13-7)8-5-3-2-4-6-8/h8H,2-6H2,1H3,(H,13,16). The third kappa shape index (κ3) is 2.00. The molecule has 1 aliphatic rings. The second kappa shape index (κ2) is 4.57. The normalized spacial score (nSPS) is 17.6. The maximum atomic E-state index is 12.0. The molecular weight excluding hydrogens is 272 g/mol. The van der Waals surface area contributed by atoms with E-state index in [0.29, 0.717) is 10.2 Å². The minimum Gasteiger partial charge on any atom is -0.310 e. The summed E-state index contributed by atoms with van der Waals surface area (Å²) in [6.07, 6.45) is 5.26. The van der Waals surface area contributed by atoms with Crippen molar-refractivity contribution in [2.75, 3.05) is 0 Å². The van der Waals surface area contributed by atoms with Crippen LogP contribution in [0.25, 0.3) is 0 Å². The topological polar surface area (TPSA) is 54.9 Å². The summed E-state index contributed by atoms with van der Waals surface area (Å²) in [5.41, 5.74) is 0.118. The summed E-state index contributed by atoms with van der Waals surface area (Å²) in [7, 11) is 0. The molecule has 88 valence electrons. The number of H-pyrrole nitrogens is 1. The molecule has 0 aromatic carbocycles. The van der Waals surface area contributed by atoms with Crippen LogP contribution in [0.1, 0.15) is 43.8 Å². The molecular formula is C11H15BrN2O2. The lowest BCUT2D eigenvalue weighted by atomic mass is 9.95. The van der Waals surface area contributed by atoms with Gasteiger partial charge in [0.25, 0.3) is 5.56 Å². The van der Waals surface area contributed by atoms with Crippen molar-refractivity contribution in [2.45, 2.75) is 45.1 Å². The van der Waals surface area contributed by atoms with Crippen molar-refractivity contribution in [3.8, 4) is 0 Å². The van der Waals surface area contributed by atoms with Gasteiger partial charge in [0.1, 0.15) is 4.47 Å². The van der Waals surface area contributed by atoms with Gasteiger partial charge in [0.15, 0.2) is 0 Å². The quantitative estimate of drug-likeness (QED) is 0.860. The number of nitrogens with zero attached hydrogens (tertiary/aromatic N) is 1. The van der Waals surface area contributed by atoms with Crippen LogP contribution in [0.2, 0.25) is 0 Å². The first kappa shape index (κ1) is 11.6. The number of aromatic nitrogens is 2. The average molecular weight is 287 g/mol. The predicted octanol–water partition coefficient (Wildman–Crippen LogP) is 2.11. The lowest BCUT2D eigenvalue weighted by Gasteiger charge is -2.23. The van der Waals surface area contributed by atoms with Gasteiger partial charge in [-0.2, -0.15) is 0 Å². The Labute approximate surface area is 102 Å². The zero-order valence-corrected chi connectivity index (χ0v) is 10.8. The molecule has 1 N–H and O–H groups in total. The number of aryl methyl sites for hydroxylation is 1. The largest absolute Gasteiger partial charge is 0.328 e. The van der Waals surface area contributed by atoms with Gasteiger partial charge in [0.05, 0.1) is 0 Å². The summed E-state index contributed by atoms with van der Waals surface area (Å²) in [5.74, 6) is 0. The van der Waals surface area contributed by atoms with E-state index in [1.54, 1.807) is 6.92 Å². The fraction of sp³-hybridized carbons (Fsp3) is 0.636. The van der Waals surface area contributed by atoms with Gasteiger partial charge in [0, 0.05) is 11.7 Å². The van der Waals surface area contributed by atoms with Crippen molar-refractivity contribution in [2.24, 2.45) is 0 Å². The van der Waals surface area contributed by atoms with Gasteiger partial charge in [-0.15, -0.1) is 0 Å². The molecule has 0 unspecified atom stereocenters. The van der Waals surface area contributed by atoms with Crippen LogP contribution in [0.3, 0.4) is 0 Å². The molecule has 1 aromatic rings. The van der Waals surface area contributed by atoms with Crippen LogP contribution in [0.5, 0.6) is 0 Å². The number of aromatic amines is 1. The first-order valence-electron chi connectivity index (χ1n) is 5.62. The molecule has 0 spiro atoms. The molecule has 2 rings (SSSR count). The number of hydrogen-bond donors (Lipinski definition) is 1. The Kier molecular flexibility index (Phi) is 3.33. The van der Waals surface area contributed by atoms with E-state index in [1.807, 2.05) is 0 Å². The second-order valence-corrected chi connectivity index (χ2v) is 5.13. The van der Waals surface area contributed by atoms with Crippen LogP contribution >= 0.6 is 15.9 Å². The molecule has 0 saturated heterocycles. The lowest BCUT2D eigenvalue weighted by Crippen LogP contribution is -2.39. The number of rotatable bonds is 1. The minimum atomic E-state index is -0.280. The predicted molar refractivity (Wildman–Crippen MR) is 65.9 cm³/mol. The number of hydrogen-bond acceptors (Lipinski definition) is 2. The molecule has 1 aromatic heterocycles. The maximum absolute atomic E-state index is 12.0. The van der Waals surface area contributed by atoms with Gasteiger partial charge in [0.2, 0.25) is 0 Å². The number of nitrogens with one attached hydrogen (secondary N) is 1. The van der Waals surface area contributed by atoms with Gasteiger partial charge < -0.3 is 4.98 Å². The smallest absolute Gasteiger partial charge is 0.310 e. The molecule has 4 nitrogen and oxygen atoms in total. The fourth-order valence-corrected chi connectivity index (χ4v) is 2.59. The van der Waals surface area contributed by atoms with Crippen LogP contribution < -0.4 is 11.2 Å². The summed E-state index contributed by atoms with van der Waals surface area (Å²) in [5, 5.41) is 0. The fourth-order valence-electron chi connectivity index (χ4n) is 2.30. The molecule has 0 radical (unpaired) electrons. The summed E-state index contributed by atoms with van der Waals surface area (Å²) in [6.45, 7) is 1.72. The van der Waals surface area contributed by atoms with Crippen LogP contribution in [-0.2, 0) is 0 Å². The SMILES string of the molecule is Cc1[nH]c(=O)n(C2CCCCC2)c(=O)c1Br. The van der Waals surface area contributed by atoms with E-state index in [9.17, 15) is 9.59 Å². The third-order valence-electron chi connectivity index (χ3n) is 3.19. The van der Waals surface area contributed by atoms with Gasteiger partial charge >= 0.3 is 5.69 Å². The second-order valence-electron chi connectivity index (χ2n) is 4.34. The zero-order chi connectivity index (χ0) is 11.7. The Hall–Kier alpha value is -0.840. The Balaban J connectivity index is 2.51. The Morgan fingerprint density at radius 2 is 1.88 bits per heavy atom. The molecule has 16 heavy (non-hydrogen) atoms. The summed E-state index contributed by atoms with van der Waals surface area (Å²) >= 11 is 3.23. The highest BCUT2D eigenvalue weighted by atomic mass is 79.9. The van der Waals surface area contributed by atoms with E-state index >= 15 is 0 Å². The van der Waals surface area contributed by atoms with Gasteiger partial charge in [-0.25, -0.2) is 4.79 Å². The minimum absolute atomic E-state index is 0.0712. The molecule has 0 atom stereocenters. The van der Waals surface area contributed by atoms with Gasteiger partial charge in [-0.3, -0.25) is 9.36 Å². The Morgan fingerprint density at radius 1 is 1.25 bits per heavy atom. The molecule has 0 bridgehead atoms. The third-order valence-corrected chi connectivity index (χ3v) is 4.12. The van der Waals surface area contributed by atoms with E-state index in [-0.39, 0.29) is 17.3 Å². The molecule has 1 saturated carbocycles. The lowest BCUT2D eigenvalue weighted by molar-refractivity contribution is 0.335. The van der Waals surface area contributed by atoms with Crippen molar-refractivity contribution < 1.29 is 0 Å². The summed E-state index contributed by atoms with van der Waals surface area (Å²) in [4.78, 5) is 26.5. The van der Waals surface area contributed by atoms with Gasteiger partial charge in [-0.05, 0) is 35.7 Å². The van der Waals surface area contributed by atoms with E-state index in [1.165, 1.54) is 11.0 Å². The van der Waals surface area contributed by atoms with Crippen molar-refractivity contribution in [1.82, 2.24) is 9.55 Å². The zero-order valence-electron chi connectivity index (χ0n) is 9.25. The van der Waals surface area contributed by atoms with Crippen LogP contribution in [-0.4, -0.2) is 9.55 Å². The highest BCUT2D eigenvalue weighted by Gasteiger charge is 2.20. The van der Waals surface area contributed by atoms with E-state index in [4.69, 9.17) is 0 Å². The summed E-state index contributed by atoms with van der Waals surface area (Å²) in [6, 6.07) is 0.0712. The highest BCUT2D eigenvalue weighted by molar-refractivity contribution is 9.10. The maximum Gasteiger partial charge on any atom is 0.328 e. The number of halogens is 1. The first-order valence-corrected chi connectivity index (χ1v) is 6.41. The van der Waals surface area contributed by atoms with Crippen LogP contribution in [0.15, 0.2) is 14.1 Å². The van der Waals surface area contributed by atoms with Crippen molar-refractivity contribution in [3.05, 3.63) is 31.0 Å². The van der Waals surface area contributed by atoms with Crippen LogP contribution in [0.4, 0.5) is 0 Å². The Bertz CT molecular complexity index is 498. The molecule has 0 aliphatic heterocycles. The van der Waals surface area contributed by atoms with E-state index in [2.05, 4.69) is 20.9 Å². The molecule has 5 heteroatoms. The van der Waals surface area contributed by atoms with Gasteiger partial charge in [-0.1, -0.05) is 19.3 Å². The van der Waals surface area contributed by atoms with Crippen molar-refractivity contribution in [1.29, 1.82) is 0 Å². The van der Waals surface area contributed by atoms with E-state index < -0.39 is 0 Å². The Morgan fingerprint density at radius 3 is 2.50 bits per heavy atom. The molecule has 1 aliphatic carbocycles. The summed E-state index contributed by atoms with van der Waals surface area (Å²) < 4.78 is 1.84. The molecule has 0 amide bonds. The van der Waals surface area contributed by atoms with Crippen molar-refractivity contribution >= 4 is 15.9 Å². The average Bonchev–Trinajstić information content (AvgIpc) is 2.28. The molecule has 1 heterocycles. The highest BCUT2D eigenvalue weighted by Crippen LogP contribution is 2.26. The van der Waals surface area contributed by atoms with Crippen LogP contribution in [0, 0.1) is 6.92 Å². The van der Waals surface area contributed by atoms with Crippen molar-refractivity contribution in [3.63, 3.8) is 0 Å². The molecule has 1 fully saturated rings. The monoisotopic (exact) mass is 286 g/mol.